The number of aromatic nitrogens is 4. The van der Waals surface area contributed by atoms with Crippen LogP contribution in [0.1, 0.15) is 52.4 Å². The second-order valence-corrected chi connectivity index (χ2v) is 12.0. The van der Waals surface area contributed by atoms with E-state index in [1.165, 1.54) is 0 Å². The van der Waals surface area contributed by atoms with Gasteiger partial charge in [-0.3, -0.25) is 0 Å². The third-order valence-electron chi connectivity index (χ3n) is 8.92. The van der Waals surface area contributed by atoms with Crippen molar-refractivity contribution in [1.82, 2.24) is 20.2 Å². The number of rotatable bonds is 5. The molecule has 7 rings (SSSR count). The Morgan fingerprint density at radius 3 is 2.61 bits per heavy atom. The Balaban J connectivity index is 1.15. The average molecular weight is 518 g/mol. The van der Waals surface area contributed by atoms with Gasteiger partial charge in [-0.25, -0.2) is 14.4 Å². The van der Waals surface area contributed by atoms with Crippen molar-refractivity contribution >= 4 is 5.82 Å². The second-order valence-electron chi connectivity index (χ2n) is 12.0. The van der Waals surface area contributed by atoms with Crippen molar-refractivity contribution in [3.63, 3.8) is 0 Å². The van der Waals surface area contributed by atoms with Crippen molar-refractivity contribution in [2.45, 2.75) is 70.6 Å². The van der Waals surface area contributed by atoms with E-state index in [2.05, 4.69) is 38.9 Å². The Hall–Kier alpha value is -3.49. The Labute approximate surface area is 221 Å². The topological polar surface area (TPSA) is 93.5 Å². The van der Waals surface area contributed by atoms with Crippen LogP contribution in [0.4, 0.5) is 10.2 Å². The van der Waals surface area contributed by atoms with Crippen LogP contribution in [0.5, 0.6) is 17.4 Å². The number of phenolic OH excluding ortho intramolecular Hbond substituents is 1. The molecule has 8 nitrogen and oxygen atoms in total. The summed E-state index contributed by atoms with van der Waals surface area (Å²) in [5.74, 6) is 2.05. The maximum atomic E-state index is 15.9. The van der Waals surface area contributed by atoms with Crippen LogP contribution in [0.25, 0.3) is 22.5 Å². The zero-order chi connectivity index (χ0) is 26.1. The first-order valence-electron chi connectivity index (χ1n) is 13.5. The Morgan fingerprint density at radius 2 is 1.84 bits per heavy atom. The number of anilines is 1. The highest BCUT2D eigenvalue weighted by molar-refractivity contribution is 5.73. The van der Waals surface area contributed by atoms with Gasteiger partial charge in [0.1, 0.15) is 25.1 Å². The van der Waals surface area contributed by atoms with E-state index in [-0.39, 0.29) is 28.7 Å². The van der Waals surface area contributed by atoms with Gasteiger partial charge >= 0.3 is 0 Å². The van der Waals surface area contributed by atoms with Gasteiger partial charge < -0.3 is 19.5 Å². The van der Waals surface area contributed by atoms with Crippen LogP contribution in [0.3, 0.4) is 0 Å². The second kappa shape index (κ2) is 8.51. The number of alkyl halides is 1. The molecular formula is C29H32FN5O3. The maximum absolute atomic E-state index is 15.9. The standard InChI is InChI=1S/C29H32FN5O3/c1-28-7-8-29(2,16-28)25(30)21(13-28)35(19-4-5-19)24-15-31-26(34-33-24)20-6-3-17(11-22(20)36)18-12-23-27(32-14-18)38-10-9-37-23/h3,6,11-12,14-15,19,21,25,36H,4-5,7-10,13,16H2,1-2H3/t21-,25-,28-,29-/m1/s1. The number of hydrogen-bond donors (Lipinski definition) is 1. The fraction of sp³-hybridized carbons (Fsp3) is 0.517. The SMILES string of the molecule is C[C@]12CC[C@](C)(C1)[C@H](F)[C@H](N(c1cnc(-c3ccc(-c4cnc5c(c4)OCCO5)cc3O)nn1)C1CC1)C2. The van der Waals surface area contributed by atoms with Crippen molar-refractivity contribution in [2.24, 2.45) is 10.8 Å². The first-order valence-corrected chi connectivity index (χ1v) is 13.5. The monoisotopic (exact) mass is 517 g/mol. The molecule has 3 fully saturated rings. The third kappa shape index (κ3) is 3.94. The molecule has 4 atom stereocenters. The number of fused-ring (bicyclic) bond motifs is 3. The summed E-state index contributed by atoms with van der Waals surface area (Å²) in [7, 11) is 0. The van der Waals surface area contributed by atoms with E-state index in [1.807, 2.05) is 12.1 Å². The van der Waals surface area contributed by atoms with Crippen molar-refractivity contribution < 1.29 is 19.0 Å². The summed E-state index contributed by atoms with van der Waals surface area (Å²) in [6, 6.07) is 7.24. The summed E-state index contributed by atoms with van der Waals surface area (Å²) in [4.78, 5) is 11.0. The molecule has 1 N–H and O–H groups in total. The molecule has 38 heavy (non-hydrogen) atoms. The number of aromatic hydroxyl groups is 1. The first kappa shape index (κ1) is 23.6. The van der Waals surface area contributed by atoms with Crippen LogP contribution >= 0.6 is 0 Å². The molecule has 4 aliphatic rings. The van der Waals surface area contributed by atoms with Crippen molar-refractivity contribution in [1.29, 1.82) is 0 Å². The van der Waals surface area contributed by atoms with Gasteiger partial charge in [0.2, 0.25) is 0 Å². The van der Waals surface area contributed by atoms with Crippen LogP contribution in [0, 0.1) is 10.8 Å². The molecule has 0 spiro atoms. The van der Waals surface area contributed by atoms with Crippen LogP contribution in [-0.2, 0) is 0 Å². The quantitative estimate of drug-likeness (QED) is 0.484. The van der Waals surface area contributed by atoms with Gasteiger partial charge in [0.25, 0.3) is 5.88 Å². The number of phenols is 1. The third-order valence-corrected chi connectivity index (χ3v) is 8.92. The fourth-order valence-corrected chi connectivity index (χ4v) is 6.94. The minimum Gasteiger partial charge on any atom is -0.507 e. The molecule has 3 aliphatic carbocycles. The van der Waals surface area contributed by atoms with Crippen LogP contribution in [-0.4, -0.2) is 56.7 Å². The van der Waals surface area contributed by atoms with Crippen LogP contribution in [0.2, 0.25) is 0 Å². The highest BCUT2D eigenvalue weighted by Crippen LogP contribution is 2.60. The molecule has 198 valence electrons. The lowest BCUT2D eigenvalue weighted by atomic mass is 9.67. The number of pyridine rings is 1. The zero-order valence-corrected chi connectivity index (χ0v) is 21.7. The Kier molecular flexibility index (Phi) is 5.29. The van der Waals surface area contributed by atoms with Crippen LogP contribution < -0.4 is 14.4 Å². The lowest BCUT2D eigenvalue weighted by molar-refractivity contribution is 0.0357. The first-order chi connectivity index (χ1) is 18.3. The van der Waals surface area contributed by atoms with Gasteiger partial charge in [-0.2, -0.15) is 0 Å². The van der Waals surface area contributed by atoms with E-state index in [9.17, 15) is 5.11 Å². The maximum Gasteiger partial charge on any atom is 0.257 e. The predicted octanol–water partition coefficient (Wildman–Crippen LogP) is 5.35. The lowest BCUT2D eigenvalue weighted by Crippen LogP contribution is -2.54. The lowest BCUT2D eigenvalue weighted by Gasteiger charge is -2.47. The number of benzene rings is 1. The highest BCUT2D eigenvalue weighted by Gasteiger charge is 2.58. The zero-order valence-electron chi connectivity index (χ0n) is 21.7. The normalized spacial score (nSPS) is 29.8. The van der Waals surface area contributed by atoms with E-state index < -0.39 is 6.17 Å². The molecule has 1 aliphatic heterocycles. The summed E-state index contributed by atoms with van der Waals surface area (Å²) >= 11 is 0. The van der Waals surface area contributed by atoms with E-state index >= 15 is 4.39 Å². The van der Waals surface area contributed by atoms with Gasteiger partial charge in [-0.15, -0.1) is 10.2 Å². The Morgan fingerprint density at radius 1 is 1.00 bits per heavy atom. The van der Waals surface area contributed by atoms with Crippen molar-refractivity contribution in [3.05, 3.63) is 36.7 Å². The van der Waals surface area contributed by atoms with Gasteiger partial charge in [-0.1, -0.05) is 19.9 Å². The molecule has 9 heteroatoms. The molecule has 0 radical (unpaired) electrons. The highest BCUT2D eigenvalue weighted by atomic mass is 19.1. The minimum atomic E-state index is -0.896. The van der Waals surface area contributed by atoms with E-state index in [4.69, 9.17) is 9.47 Å². The van der Waals surface area contributed by atoms with Crippen molar-refractivity contribution in [2.75, 3.05) is 18.1 Å². The summed E-state index contributed by atoms with van der Waals surface area (Å²) in [5, 5.41) is 19.7. The molecular weight excluding hydrogens is 485 g/mol. The molecule has 2 bridgehead atoms. The largest absolute Gasteiger partial charge is 0.507 e. The van der Waals surface area contributed by atoms with Gasteiger partial charge in [-0.05, 0) is 67.7 Å². The molecule has 3 aromatic rings. The summed E-state index contributed by atoms with van der Waals surface area (Å²) in [5.41, 5.74) is 1.97. The molecule has 1 aromatic carbocycles. The van der Waals surface area contributed by atoms with E-state index in [1.54, 1.807) is 24.5 Å². The summed E-state index contributed by atoms with van der Waals surface area (Å²) < 4.78 is 27.0. The molecule has 2 aromatic heterocycles. The van der Waals surface area contributed by atoms with E-state index in [0.717, 1.165) is 49.7 Å². The Bertz CT molecular complexity index is 1380. The molecule has 3 heterocycles. The van der Waals surface area contributed by atoms with Gasteiger partial charge in [0.05, 0.1) is 17.8 Å². The molecule has 0 saturated heterocycles. The number of ether oxygens (including phenoxy) is 2. The van der Waals surface area contributed by atoms with Crippen LogP contribution in [0.15, 0.2) is 36.7 Å². The minimum absolute atomic E-state index is 0.0412. The number of halogens is 1. The summed E-state index contributed by atoms with van der Waals surface area (Å²) in [6.07, 6.45) is 8.38. The smallest absolute Gasteiger partial charge is 0.257 e. The molecule has 3 saturated carbocycles. The average Bonchev–Trinajstić information content (AvgIpc) is 3.72. The van der Waals surface area contributed by atoms with Gasteiger partial charge in [0, 0.05) is 23.2 Å². The number of hydrogen-bond acceptors (Lipinski definition) is 8. The van der Waals surface area contributed by atoms with Gasteiger partial charge in [0.15, 0.2) is 17.4 Å². The van der Waals surface area contributed by atoms with Crippen molar-refractivity contribution in [3.8, 4) is 39.9 Å². The number of nitrogens with zero attached hydrogens (tertiary/aromatic N) is 5. The fourth-order valence-electron chi connectivity index (χ4n) is 6.94. The van der Waals surface area contributed by atoms with E-state index in [0.29, 0.717) is 42.0 Å². The molecule has 0 unspecified atom stereocenters. The predicted molar refractivity (Wildman–Crippen MR) is 140 cm³/mol. The molecule has 0 amide bonds. The summed E-state index contributed by atoms with van der Waals surface area (Å²) in [6.45, 7) is 5.38.